The topological polar surface area (TPSA) is 171 Å². The third-order valence-electron chi connectivity index (χ3n) is 2.73. The van der Waals surface area contributed by atoms with Crippen LogP contribution in [-0.2, 0) is 23.9 Å². The first-order valence-electron chi connectivity index (χ1n) is 5.95. The highest BCUT2D eigenvalue weighted by molar-refractivity contribution is 7.86. The first kappa shape index (κ1) is 17.7. The van der Waals surface area contributed by atoms with Gasteiger partial charge in [-0.2, -0.15) is 8.42 Å². The lowest BCUT2D eigenvalue weighted by Crippen LogP contribution is -2.23. The number of allylic oxidation sites excluding steroid dienone is 2. The maximum atomic E-state index is 11.3. The number of hydrazone groups is 1. The van der Waals surface area contributed by atoms with Crippen LogP contribution in [0, 0.1) is 0 Å². The van der Waals surface area contributed by atoms with Crippen LogP contribution in [0.1, 0.15) is 0 Å². The molecule has 11 heteroatoms. The van der Waals surface area contributed by atoms with Crippen LogP contribution in [0.4, 0.5) is 0 Å². The number of fused-ring (bicyclic) bond motifs is 1. The Labute approximate surface area is 127 Å². The normalized spacial score (nSPS) is 20.5. The quantitative estimate of drug-likeness (QED) is 0.0930. The molecular weight excluding hydrogens is 314 g/mol. The summed E-state index contributed by atoms with van der Waals surface area (Å²) in [5.74, 6) is 3.16. The van der Waals surface area contributed by atoms with Crippen LogP contribution in [-0.4, -0.2) is 56.8 Å². The molecule has 2 aliphatic rings. The number of guanidine groups is 1. The molecule has 6 N–H and O–H groups in total. The van der Waals surface area contributed by atoms with Crippen molar-refractivity contribution in [2.75, 3.05) is 19.8 Å². The van der Waals surface area contributed by atoms with E-state index in [4.69, 9.17) is 15.7 Å². The molecule has 1 heterocycles. The van der Waals surface area contributed by atoms with E-state index in [0.717, 1.165) is 12.3 Å². The lowest BCUT2D eigenvalue weighted by atomic mass is 10.0. The van der Waals surface area contributed by atoms with Gasteiger partial charge in [-0.05, 0) is 6.08 Å². The Kier molecular flexibility index (Phi) is 5.28. The van der Waals surface area contributed by atoms with Crippen LogP contribution >= 0.6 is 0 Å². The van der Waals surface area contributed by atoms with E-state index in [9.17, 15) is 18.0 Å². The second-order valence-corrected chi connectivity index (χ2v) is 6.18. The molecule has 0 amide bonds. The van der Waals surface area contributed by atoms with Gasteiger partial charge in [-0.25, -0.2) is 0 Å². The Balaban J connectivity index is 0.000000422. The molecule has 1 aliphatic heterocycles. The van der Waals surface area contributed by atoms with Crippen LogP contribution in [0.5, 0.6) is 0 Å². The molecule has 0 saturated carbocycles. The minimum atomic E-state index is -3.60. The van der Waals surface area contributed by atoms with Crippen LogP contribution in [0.15, 0.2) is 28.5 Å². The number of rotatable bonds is 2. The van der Waals surface area contributed by atoms with Crippen molar-refractivity contribution in [2.24, 2.45) is 22.4 Å². The second-order valence-electron chi connectivity index (χ2n) is 4.58. The van der Waals surface area contributed by atoms with E-state index >= 15 is 0 Å². The number of ketones is 2. The van der Waals surface area contributed by atoms with Gasteiger partial charge in [0.25, 0.3) is 10.1 Å². The second kappa shape index (κ2) is 6.58. The Bertz CT molecular complexity index is 675. The van der Waals surface area contributed by atoms with Gasteiger partial charge in [0.1, 0.15) is 6.10 Å². The summed E-state index contributed by atoms with van der Waals surface area (Å²) < 4.78 is 27.0. The zero-order chi connectivity index (χ0) is 17.1. The van der Waals surface area contributed by atoms with E-state index in [1.807, 2.05) is 0 Å². The lowest BCUT2D eigenvalue weighted by molar-refractivity contribution is -0.131. The standard InChI is InChI=1S/C10H11NO5S.CH6N4/c1-11-5-10(16-17(2,14)15)6-3-8(12)9(13)4-7(6)11;2-1(3)5-4/h3-4,10H,5H2,1-2H3;4H2,(H4,2,3,5). The van der Waals surface area contributed by atoms with Gasteiger partial charge in [0.2, 0.25) is 17.5 Å². The number of hydrogen-bond donors (Lipinski definition) is 3. The summed E-state index contributed by atoms with van der Waals surface area (Å²) in [7, 11) is -1.90. The number of carbonyl (C=O) groups excluding carboxylic acids is 2. The van der Waals surface area contributed by atoms with Gasteiger partial charge in [-0.3, -0.25) is 13.8 Å². The average molecular weight is 331 g/mol. The Morgan fingerprint density at radius 2 is 1.82 bits per heavy atom. The smallest absolute Gasteiger partial charge is 0.265 e. The molecule has 1 atom stereocenters. The van der Waals surface area contributed by atoms with E-state index < -0.39 is 27.8 Å². The summed E-state index contributed by atoms with van der Waals surface area (Å²) in [5.41, 5.74) is 10.4. The van der Waals surface area contributed by atoms with E-state index in [0.29, 0.717) is 17.8 Å². The summed E-state index contributed by atoms with van der Waals surface area (Å²) in [5, 5.41) is 2.86. The molecule has 0 aromatic heterocycles. The van der Waals surface area contributed by atoms with Crippen molar-refractivity contribution in [2.45, 2.75) is 6.10 Å². The number of carbonyl (C=O) groups is 2. The van der Waals surface area contributed by atoms with E-state index in [1.54, 1.807) is 11.9 Å². The number of nitrogens with zero attached hydrogens (tertiary/aromatic N) is 2. The lowest BCUT2D eigenvalue weighted by Gasteiger charge is -2.13. The largest absolute Gasteiger partial charge is 0.371 e. The minimum Gasteiger partial charge on any atom is -0.371 e. The van der Waals surface area contributed by atoms with Crippen molar-refractivity contribution < 1.29 is 22.2 Å². The fraction of sp³-hybridized carbons (Fsp3) is 0.364. The van der Waals surface area contributed by atoms with E-state index in [-0.39, 0.29) is 5.96 Å². The molecule has 10 nitrogen and oxygen atoms in total. The van der Waals surface area contributed by atoms with Gasteiger partial charge < -0.3 is 22.2 Å². The number of nitrogens with two attached hydrogens (primary N) is 3. The zero-order valence-corrected chi connectivity index (χ0v) is 12.8. The van der Waals surface area contributed by atoms with Crippen molar-refractivity contribution in [1.29, 1.82) is 0 Å². The highest BCUT2D eigenvalue weighted by Crippen LogP contribution is 2.31. The van der Waals surface area contributed by atoms with Crippen molar-refractivity contribution in [1.82, 2.24) is 4.90 Å². The molecule has 1 aliphatic carbocycles. The first-order valence-corrected chi connectivity index (χ1v) is 7.77. The summed E-state index contributed by atoms with van der Waals surface area (Å²) in [6.45, 7) is 0.297. The third kappa shape index (κ3) is 4.56. The Hall–Kier alpha value is -2.40. The van der Waals surface area contributed by atoms with E-state index in [1.165, 1.54) is 6.08 Å². The monoisotopic (exact) mass is 331 g/mol. The maximum Gasteiger partial charge on any atom is 0.265 e. The van der Waals surface area contributed by atoms with Gasteiger partial charge >= 0.3 is 0 Å². The van der Waals surface area contributed by atoms with Crippen LogP contribution in [0.25, 0.3) is 0 Å². The highest BCUT2D eigenvalue weighted by Gasteiger charge is 2.36. The van der Waals surface area contributed by atoms with Gasteiger partial charge in [0, 0.05) is 30.9 Å². The molecule has 1 unspecified atom stereocenters. The summed E-state index contributed by atoms with van der Waals surface area (Å²) in [6.07, 6.45) is 2.59. The number of likely N-dealkylation sites (N-methyl/N-ethyl adjacent to an activating group) is 1. The molecule has 0 aromatic carbocycles. The van der Waals surface area contributed by atoms with Crippen molar-refractivity contribution in [3.8, 4) is 0 Å². The summed E-state index contributed by atoms with van der Waals surface area (Å²) >= 11 is 0. The predicted molar refractivity (Wildman–Crippen MR) is 78.5 cm³/mol. The summed E-state index contributed by atoms with van der Waals surface area (Å²) in [6, 6.07) is 0. The minimum absolute atomic E-state index is 0.0926. The van der Waals surface area contributed by atoms with Crippen LogP contribution in [0.2, 0.25) is 0 Å². The first-order chi connectivity index (χ1) is 10.0. The van der Waals surface area contributed by atoms with Crippen molar-refractivity contribution >= 4 is 27.6 Å². The molecule has 22 heavy (non-hydrogen) atoms. The molecule has 1 fully saturated rings. The van der Waals surface area contributed by atoms with Gasteiger partial charge in [-0.15, -0.1) is 5.10 Å². The van der Waals surface area contributed by atoms with Crippen molar-refractivity contribution in [3.63, 3.8) is 0 Å². The highest BCUT2D eigenvalue weighted by atomic mass is 32.2. The molecule has 2 rings (SSSR count). The predicted octanol–water partition coefficient (Wildman–Crippen LogP) is -2.63. The molecule has 1 saturated heterocycles. The maximum absolute atomic E-state index is 11.3. The van der Waals surface area contributed by atoms with Crippen LogP contribution < -0.4 is 17.3 Å². The van der Waals surface area contributed by atoms with Gasteiger partial charge in [-0.1, -0.05) is 0 Å². The molecule has 0 aromatic rings. The van der Waals surface area contributed by atoms with Gasteiger partial charge in [0.15, 0.2) is 0 Å². The number of likely N-dealkylation sites (tertiary alicyclic amines) is 1. The van der Waals surface area contributed by atoms with E-state index in [2.05, 4.69) is 10.9 Å². The Morgan fingerprint density at radius 1 is 1.32 bits per heavy atom. The van der Waals surface area contributed by atoms with Crippen LogP contribution in [0.3, 0.4) is 0 Å². The van der Waals surface area contributed by atoms with Gasteiger partial charge in [0.05, 0.1) is 6.26 Å². The summed E-state index contributed by atoms with van der Waals surface area (Å²) in [4.78, 5) is 24.2. The van der Waals surface area contributed by atoms with Crippen molar-refractivity contribution in [3.05, 3.63) is 23.4 Å². The fourth-order valence-electron chi connectivity index (χ4n) is 1.89. The third-order valence-corrected chi connectivity index (χ3v) is 3.31. The molecule has 122 valence electrons. The Morgan fingerprint density at radius 3 is 2.27 bits per heavy atom. The molecule has 0 bridgehead atoms. The number of hydrogen-bond acceptors (Lipinski definition) is 8. The molecular formula is C11H17N5O5S. The zero-order valence-electron chi connectivity index (χ0n) is 12.0. The fourth-order valence-corrected chi connectivity index (χ4v) is 2.48. The SMILES string of the molecule is CN1CC(OS(C)(=O)=O)C2=CC(=O)C(=O)C=C21.NN=C(N)N. The molecule has 0 radical (unpaired) electrons. The average Bonchev–Trinajstić information content (AvgIpc) is 2.65. The molecule has 0 spiro atoms.